The number of benzene rings is 6. The van der Waals surface area contributed by atoms with Crippen molar-refractivity contribution in [2.45, 2.75) is 40.5 Å². The summed E-state index contributed by atoms with van der Waals surface area (Å²) >= 11 is 0. The van der Waals surface area contributed by atoms with Crippen LogP contribution in [0, 0.1) is 26.8 Å². The van der Waals surface area contributed by atoms with Gasteiger partial charge in [-0.25, -0.2) is 4.98 Å². The number of fused-ring (bicyclic) bond motifs is 1. The van der Waals surface area contributed by atoms with E-state index < -0.39 is 5.89 Å². The number of para-hydroxylation sites is 1. The molecule has 0 aliphatic carbocycles. The first kappa shape index (κ1) is 34.5. The second-order valence-corrected chi connectivity index (χ2v) is 13.8. The van der Waals surface area contributed by atoms with E-state index in [1.165, 1.54) is 0 Å². The van der Waals surface area contributed by atoms with Crippen molar-refractivity contribution >= 4 is 11.0 Å². The molecule has 0 radical (unpaired) electrons. The number of aromatic nitrogens is 3. The molecule has 8 aromatic rings. The number of aryl methyl sites for hydroxylation is 3. The third-order valence-corrected chi connectivity index (χ3v) is 9.80. The topological polar surface area (TPSA) is 50.9 Å². The van der Waals surface area contributed by atoms with Crippen LogP contribution >= 0.6 is 0 Å². The van der Waals surface area contributed by atoms with E-state index >= 15 is 0 Å². The number of nitrogens with zero attached hydrogens (tertiary/aromatic N) is 3. The number of aromatic hydroxyl groups is 1. The van der Waals surface area contributed by atoms with Crippen molar-refractivity contribution in [3.05, 3.63) is 168 Å². The quantitative estimate of drug-likeness (QED) is 0.162. The number of imidazole rings is 1. The molecule has 6 aromatic carbocycles. The summed E-state index contributed by atoms with van der Waals surface area (Å²) in [4.78, 5) is 10.2. The van der Waals surface area contributed by atoms with Crippen molar-refractivity contribution in [3.63, 3.8) is 0 Å². The Kier molecular flexibility index (Phi) is 9.64. The molecule has 4 nitrogen and oxygen atoms in total. The summed E-state index contributed by atoms with van der Waals surface area (Å²) in [6.07, 6.45) is 1.86. The average Bonchev–Trinajstić information content (AvgIpc) is 3.56. The Morgan fingerprint density at radius 2 is 1.36 bits per heavy atom. The monoisotopic (exact) mass is 870 g/mol. The molecule has 53 heavy (non-hydrogen) atoms. The van der Waals surface area contributed by atoms with Crippen LogP contribution in [0.5, 0.6) is 5.75 Å². The first-order valence-electron chi connectivity index (χ1n) is 18.1. The minimum Gasteiger partial charge on any atom is -0.507 e. The van der Waals surface area contributed by atoms with Crippen molar-refractivity contribution in [2.24, 2.45) is 0 Å². The zero-order chi connectivity index (χ0) is 36.9. The van der Waals surface area contributed by atoms with E-state index in [9.17, 15) is 5.11 Å². The average molecular weight is 871 g/mol. The summed E-state index contributed by atoms with van der Waals surface area (Å²) in [6, 6.07) is 49.4. The number of rotatable bonds is 7. The fraction of sp³-hybridized carbons (Fsp3) is 0.125. The molecule has 5 heteroatoms. The minimum atomic E-state index is -0.741. The van der Waals surface area contributed by atoms with Gasteiger partial charge in [0.25, 0.3) is 0 Å². The van der Waals surface area contributed by atoms with E-state index in [2.05, 4.69) is 102 Å². The second-order valence-electron chi connectivity index (χ2n) is 13.8. The van der Waals surface area contributed by atoms with Crippen molar-refractivity contribution in [2.75, 3.05) is 0 Å². The molecule has 0 spiro atoms. The number of hydrogen-bond acceptors (Lipinski definition) is 3. The van der Waals surface area contributed by atoms with Gasteiger partial charge in [-0.2, -0.15) is 0 Å². The Morgan fingerprint density at radius 3 is 2.06 bits per heavy atom. The number of hydrogen-bond donors (Lipinski definition) is 1. The fourth-order valence-electron chi connectivity index (χ4n) is 7.13. The van der Waals surface area contributed by atoms with E-state index in [1.54, 1.807) is 0 Å². The van der Waals surface area contributed by atoms with Gasteiger partial charge in [-0.1, -0.05) is 128 Å². The zero-order valence-corrected chi connectivity index (χ0v) is 32.7. The van der Waals surface area contributed by atoms with Crippen LogP contribution in [-0.4, -0.2) is 19.6 Å². The molecular formula is C48H40N3OPt-. The SMILES string of the molecule is [2H]C(C)(C)c1ccc(-n2c(-c3cc(C)cc(C)c3O)nc3c(-c4[c-]c(-c5cc(-c6ccccc6)ccn5)cc(-c5ccccc5)c4)cccc32)c(C)c1.[Pt]. The predicted molar refractivity (Wildman–Crippen MR) is 215 cm³/mol. The molecule has 264 valence electrons. The smallest absolute Gasteiger partial charge is 0.148 e. The van der Waals surface area contributed by atoms with E-state index in [1.807, 2.05) is 82.4 Å². The van der Waals surface area contributed by atoms with Gasteiger partial charge in [-0.3, -0.25) is 9.55 Å². The molecule has 0 atom stereocenters. The Balaban J connectivity index is 0.00000450. The molecule has 2 aromatic heterocycles. The number of phenolic OH excluding ortho intramolecular Hbond substituents is 1. The maximum atomic E-state index is 11.5. The molecule has 8 rings (SSSR count). The minimum absolute atomic E-state index is 0. The molecule has 0 amide bonds. The molecule has 0 aliphatic rings. The van der Waals surface area contributed by atoms with Crippen molar-refractivity contribution < 1.29 is 27.5 Å². The molecule has 1 N–H and O–H groups in total. The van der Waals surface area contributed by atoms with Crippen LogP contribution in [0.3, 0.4) is 0 Å². The largest absolute Gasteiger partial charge is 0.507 e. The Bertz CT molecular complexity index is 2640. The van der Waals surface area contributed by atoms with Gasteiger partial charge in [0.2, 0.25) is 0 Å². The van der Waals surface area contributed by atoms with Crippen LogP contribution in [0.25, 0.3) is 72.7 Å². The molecule has 0 aliphatic heterocycles. The molecule has 0 fully saturated rings. The summed E-state index contributed by atoms with van der Waals surface area (Å²) in [5.74, 6) is 0.114. The normalized spacial score (nSPS) is 11.7. The van der Waals surface area contributed by atoms with Gasteiger partial charge >= 0.3 is 0 Å². The molecule has 2 heterocycles. The van der Waals surface area contributed by atoms with Crippen LogP contribution < -0.4 is 0 Å². The molecule has 0 bridgehead atoms. The van der Waals surface area contributed by atoms with Crippen molar-refractivity contribution in [1.29, 1.82) is 0 Å². The van der Waals surface area contributed by atoms with E-state index in [0.717, 1.165) is 83.6 Å². The summed E-state index contributed by atoms with van der Waals surface area (Å²) in [5.41, 5.74) is 15.0. The first-order chi connectivity index (χ1) is 25.5. The summed E-state index contributed by atoms with van der Waals surface area (Å²) in [7, 11) is 0. The molecule has 0 unspecified atom stereocenters. The van der Waals surface area contributed by atoms with Gasteiger partial charge in [-0.05, 0) is 89.9 Å². The van der Waals surface area contributed by atoms with Gasteiger partial charge < -0.3 is 5.11 Å². The molecule has 0 saturated heterocycles. The van der Waals surface area contributed by atoms with Crippen LogP contribution in [-0.2, 0) is 21.1 Å². The van der Waals surface area contributed by atoms with Gasteiger partial charge in [0.05, 0.1) is 22.3 Å². The molecular weight excluding hydrogens is 830 g/mol. The van der Waals surface area contributed by atoms with Crippen molar-refractivity contribution in [1.82, 2.24) is 14.5 Å². The van der Waals surface area contributed by atoms with Crippen molar-refractivity contribution in [3.8, 4) is 67.5 Å². The van der Waals surface area contributed by atoms with Gasteiger partial charge in [0.15, 0.2) is 0 Å². The van der Waals surface area contributed by atoms with Gasteiger partial charge in [0.1, 0.15) is 11.6 Å². The maximum Gasteiger partial charge on any atom is 0.148 e. The number of phenols is 1. The van der Waals surface area contributed by atoms with Gasteiger partial charge in [0, 0.05) is 34.3 Å². The fourth-order valence-corrected chi connectivity index (χ4v) is 7.13. The summed E-state index contributed by atoms with van der Waals surface area (Å²) in [5, 5.41) is 11.5. The van der Waals surface area contributed by atoms with E-state index in [4.69, 9.17) is 11.3 Å². The predicted octanol–water partition coefficient (Wildman–Crippen LogP) is 12.3. The van der Waals surface area contributed by atoms with Crippen LogP contribution in [0.4, 0.5) is 0 Å². The summed E-state index contributed by atoms with van der Waals surface area (Å²) < 4.78 is 10.8. The third kappa shape index (κ3) is 6.88. The van der Waals surface area contributed by atoms with E-state index in [-0.39, 0.29) is 26.8 Å². The zero-order valence-electron chi connectivity index (χ0n) is 31.4. The van der Waals surface area contributed by atoms with Gasteiger partial charge in [-0.15, -0.1) is 23.8 Å². The maximum absolute atomic E-state index is 11.5. The number of pyridine rings is 1. The molecule has 0 saturated carbocycles. The van der Waals surface area contributed by atoms with E-state index in [0.29, 0.717) is 11.4 Å². The van der Waals surface area contributed by atoms with Crippen LogP contribution in [0.15, 0.2) is 140 Å². The first-order valence-corrected chi connectivity index (χ1v) is 17.6. The van der Waals surface area contributed by atoms with Crippen LogP contribution in [0.2, 0.25) is 0 Å². The summed E-state index contributed by atoms with van der Waals surface area (Å²) in [6.45, 7) is 9.84. The Labute approximate surface area is 327 Å². The Hall–Kier alpha value is -5.57. The Morgan fingerprint density at radius 1 is 0.660 bits per heavy atom. The second kappa shape index (κ2) is 14.8. The van der Waals surface area contributed by atoms with Crippen LogP contribution in [0.1, 0.15) is 43.4 Å². The third-order valence-electron chi connectivity index (χ3n) is 9.80. The standard InChI is InChI=1S/C48H40N3O.Pt/c1-30(2)36-19-20-44(32(4)25-36)51-45-18-12-17-41(46(45)50-48(51)42-24-31(3)23-33(5)47(42)52)39-26-38(35-15-10-7-11-16-35)27-40(28-39)43-29-37(21-22-49-43)34-13-8-6-9-14-34;/h6-27,29-30,52H,1-5H3;/q-1;/i30D;.